The molecule has 19 heavy (non-hydrogen) atoms. The van der Waals surface area contributed by atoms with Gasteiger partial charge in [-0.2, -0.15) is 0 Å². The molecule has 2 nitrogen and oxygen atoms in total. The molecular formula is C14H11BrFNOS. The highest BCUT2D eigenvalue weighted by molar-refractivity contribution is 9.10. The van der Waals surface area contributed by atoms with Crippen molar-refractivity contribution in [2.45, 2.75) is 6.61 Å². The highest BCUT2D eigenvalue weighted by Crippen LogP contribution is 2.18. The largest absolute Gasteiger partial charge is 0.489 e. The number of nitrogens with two attached hydrogens (primary N) is 1. The molecule has 0 unspecified atom stereocenters. The Kier molecular flexibility index (Phi) is 4.50. The Morgan fingerprint density at radius 3 is 2.47 bits per heavy atom. The number of benzene rings is 2. The Bertz CT molecular complexity index is 601. The fourth-order valence-electron chi connectivity index (χ4n) is 1.53. The summed E-state index contributed by atoms with van der Waals surface area (Å²) in [4.78, 5) is 0.0389. The van der Waals surface area contributed by atoms with E-state index in [2.05, 4.69) is 15.9 Å². The summed E-state index contributed by atoms with van der Waals surface area (Å²) in [5.74, 6) is -0.0266. The van der Waals surface area contributed by atoms with Crippen LogP contribution in [0.4, 0.5) is 4.39 Å². The summed E-state index contributed by atoms with van der Waals surface area (Å²) in [6.45, 7) is 0.374. The third-order valence-electron chi connectivity index (χ3n) is 2.52. The van der Waals surface area contributed by atoms with Crippen LogP contribution in [0.5, 0.6) is 5.75 Å². The lowest BCUT2D eigenvalue weighted by Gasteiger charge is -2.08. The van der Waals surface area contributed by atoms with E-state index in [9.17, 15) is 4.39 Å². The van der Waals surface area contributed by atoms with Crippen LogP contribution < -0.4 is 10.5 Å². The molecule has 98 valence electrons. The smallest absolute Gasteiger partial charge is 0.137 e. The van der Waals surface area contributed by atoms with Crippen LogP contribution in [0.25, 0.3) is 0 Å². The molecule has 0 aromatic heterocycles. The van der Waals surface area contributed by atoms with E-state index >= 15 is 0 Å². The van der Waals surface area contributed by atoms with E-state index in [4.69, 9.17) is 22.7 Å². The van der Waals surface area contributed by atoms with Gasteiger partial charge in [-0.25, -0.2) is 4.39 Å². The van der Waals surface area contributed by atoms with Gasteiger partial charge in [0.25, 0.3) is 0 Å². The molecule has 0 heterocycles. The Hall–Kier alpha value is -1.46. The van der Waals surface area contributed by atoms with E-state index in [-0.39, 0.29) is 10.6 Å². The first kappa shape index (κ1) is 14.0. The summed E-state index contributed by atoms with van der Waals surface area (Å²) in [5.41, 5.74) is 6.62. The molecule has 2 N–H and O–H groups in total. The first-order valence-electron chi connectivity index (χ1n) is 5.53. The molecule has 0 atom stereocenters. The normalized spacial score (nSPS) is 10.2. The van der Waals surface area contributed by atoms with E-state index in [0.29, 0.717) is 12.4 Å². The van der Waals surface area contributed by atoms with Gasteiger partial charge < -0.3 is 10.5 Å². The topological polar surface area (TPSA) is 35.2 Å². The van der Waals surface area contributed by atoms with Crippen molar-refractivity contribution in [2.24, 2.45) is 5.73 Å². The summed E-state index contributed by atoms with van der Waals surface area (Å²) in [5, 5.41) is 0. The zero-order valence-electron chi connectivity index (χ0n) is 9.90. The van der Waals surface area contributed by atoms with E-state index in [1.165, 1.54) is 12.1 Å². The number of ether oxygens (including phenoxy) is 1. The predicted octanol–water partition coefficient (Wildman–Crippen LogP) is 3.80. The van der Waals surface area contributed by atoms with E-state index in [0.717, 1.165) is 10.0 Å². The first-order chi connectivity index (χ1) is 9.06. The number of hydrogen-bond acceptors (Lipinski definition) is 2. The lowest BCUT2D eigenvalue weighted by atomic mass is 10.2. The van der Waals surface area contributed by atoms with Gasteiger partial charge in [-0.05, 0) is 29.8 Å². The molecule has 2 aromatic rings. The fourth-order valence-corrected chi connectivity index (χ4v) is 1.96. The van der Waals surface area contributed by atoms with E-state index < -0.39 is 5.82 Å². The summed E-state index contributed by atoms with van der Waals surface area (Å²) in [6.07, 6.45) is 0. The van der Waals surface area contributed by atoms with Gasteiger partial charge in [0.1, 0.15) is 23.2 Å². The first-order valence-corrected chi connectivity index (χ1v) is 6.73. The van der Waals surface area contributed by atoms with Gasteiger partial charge in [-0.15, -0.1) is 0 Å². The molecule has 0 fully saturated rings. The summed E-state index contributed by atoms with van der Waals surface area (Å²) in [7, 11) is 0. The van der Waals surface area contributed by atoms with Gasteiger partial charge in [0, 0.05) is 16.1 Å². The molecule has 0 spiro atoms. The number of rotatable bonds is 4. The number of thiocarbonyl (C=S) groups is 1. The Morgan fingerprint density at radius 2 is 1.89 bits per heavy atom. The molecule has 0 radical (unpaired) electrons. The maximum Gasteiger partial charge on any atom is 0.137 e. The standard InChI is InChI=1S/C14H11BrFNOS/c15-10-3-1-9(2-4-10)8-18-11-5-6-12(14(17)19)13(16)7-11/h1-7H,8H2,(H2,17,19). The van der Waals surface area contributed by atoms with Gasteiger partial charge in [0.2, 0.25) is 0 Å². The lowest BCUT2D eigenvalue weighted by Crippen LogP contribution is -2.11. The van der Waals surface area contributed by atoms with Crippen molar-refractivity contribution >= 4 is 33.1 Å². The van der Waals surface area contributed by atoms with Gasteiger partial charge in [-0.3, -0.25) is 0 Å². The van der Waals surface area contributed by atoms with Crippen LogP contribution >= 0.6 is 28.1 Å². The average molecular weight is 340 g/mol. The van der Waals surface area contributed by atoms with Gasteiger partial charge >= 0.3 is 0 Å². The predicted molar refractivity (Wildman–Crippen MR) is 80.8 cm³/mol. The van der Waals surface area contributed by atoms with Crippen LogP contribution in [0, 0.1) is 5.82 Å². The molecule has 0 amide bonds. The summed E-state index contributed by atoms with van der Waals surface area (Å²) in [6, 6.07) is 12.2. The Balaban J connectivity index is 2.06. The highest BCUT2D eigenvalue weighted by atomic mass is 79.9. The van der Waals surface area contributed by atoms with Crippen LogP contribution in [0.3, 0.4) is 0 Å². The highest BCUT2D eigenvalue weighted by Gasteiger charge is 2.06. The maximum atomic E-state index is 13.6. The van der Waals surface area contributed by atoms with Gasteiger partial charge in [0.05, 0.1) is 0 Å². The second-order valence-electron chi connectivity index (χ2n) is 3.92. The van der Waals surface area contributed by atoms with Crippen molar-refractivity contribution in [1.82, 2.24) is 0 Å². The van der Waals surface area contributed by atoms with Crippen LogP contribution in [-0.2, 0) is 6.61 Å². The molecule has 0 saturated heterocycles. The molecular weight excluding hydrogens is 329 g/mol. The summed E-state index contributed by atoms with van der Waals surface area (Å²) < 4.78 is 20.1. The monoisotopic (exact) mass is 339 g/mol. The third kappa shape index (κ3) is 3.75. The molecule has 0 aliphatic carbocycles. The zero-order valence-corrected chi connectivity index (χ0v) is 12.3. The number of halogens is 2. The molecule has 0 aliphatic heterocycles. The fraction of sp³-hybridized carbons (Fsp3) is 0.0714. The van der Waals surface area contributed by atoms with Crippen LogP contribution in [0.2, 0.25) is 0 Å². The van der Waals surface area contributed by atoms with Crippen LogP contribution in [0.15, 0.2) is 46.9 Å². The van der Waals surface area contributed by atoms with Crippen molar-refractivity contribution in [3.05, 3.63) is 63.9 Å². The van der Waals surface area contributed by atoms with Crippen LogP contribution in [0.1, 0.15) is 11.1 Å². The third-order valence-corrected chi connectivity index (χ3v) is 3.27. The second-order valence-corrected chi connectivity index (χ2v) is 5.28. The quantitative estimate of drug-likeness (QED) is 0.860. The van der Waals surface area contributed by atoms with Crippen molar-refractivity contribution in [3.63, 3.8) is 0 Å². The average Bonchev–Trinajstić information content (AvgIpc) is 2.37. The SMILES string of the molecule is NC(=S)c1ccc(OCc2ccc(Br)cc2)cc1F. The zero-order chi connectivity index (χ0) is 13.8. The van der Waals surface area contributed by atoms with Crippen molar-refractivity contribution in [2.75, 3.05) is 0 Å². The van der Waals surface area contributed by atoms with E-state index in [1.54, 1.807) is 6.07 Å². The lowest BCUT2D eigenvalue weighted by molar-refractivity contribution is 0.304. The summed E-state index contributed by atoms with van der Waals surface area (Å²) >= 11 is 8.10. The maximum absolute atomic E-state index is 13.6. The molecule has 0 saturated carbocycles. The van der Waals surface area contributed by atoms with E-state index in [1.807, 2.05) is 24.3 Å². The minimum atomic E-state index is -0.471. The molecule has 2 rings (SSSR count). The minimum Gasteiger partial charge on any atom is -0.489 e. The molecule has 0 bridgehead atoms. The molecule has 5 heteroatoms. The van der Waals surface area contributed by atoms with Crippen molar-refractivity contribution in [1.29, 1.82) is 0 Å². The Morgan fingerprint density at radius 1 is 1.21 bits per heavy atom. The minimum absolute atomic E-state index is 0.0389. The molecule has 0 aliphatic rings. The Labute approximate surface area is 124 Å². The van der Waals surface area contributed by atoms with Gasteiger partial charge in [-0.1, -0.05) is 40.3 Å². The number of hydrogen-bond donors (Lipinski definition) is 1. The van der Waals surface area contributed by atoms with Gasteiger partial charge in [0.15, 0.2) is 0 Å². The van der Waals surface area contributed by atoms with Crippen molar-refractivity contribution < 1.29 is 9.13 Å². The van der Waals surface area contributed by atoms with Crippen molar-refractivity contribution in [3.8, 4) is 5.75 Å². The molecule has 2 aromatic carbocycles. The van der Waals surface area contributed by atoms with Crippen LogP contribution in [-0.4, -0.2) is 4.99 Å². The second kappa shape index (κ2) is 6.12.